The van der Waals surface area contributed by atoms with Crippen LogP contribution < -0.4 is 25.8 Å². The predicted molar refractivity (Wildman–Crippen MR) is 162 cm³/mol. The van der Waals surface area contributed by atoms with Crippen molar-refractivity contribution in [2.45, 2.75) is 19.8 Å². The zero-order chi connectivity index (χ0) is 33.6. The van der Waals surface area contributed by atoms with Gasteiger partial charge in [-0.25, -0.2) is 27.9 Å². The molecule has 15 heteroatoms. The summed E-state index contributed by atoms with van der Waals surface area (Å²) < 4.78 is 50.9. The Bertz CT molecular complexity index is 1950. The van der Waals surface area contributed by atoms with Crippen LogP contribution in [0.3, 0.4) is 0 Å². The summed E-state index contributed by atoms with van der Waals surface area (Å²) in [6.45, 7) is 0.157. The Hall–Kier alpha value is -6.74. The molecule has 5 rings (SSSR count). The van der Waals surface area contributed by atoms with Crippen molar-refractivity contribution in [2.24, 2.45) is 0 Å². The lowest BCUT2D eigenvalue weighted by Gasteiger charge is -2.10. The summed E-state index contributed by atoms with van der Waals surface area (Å²) in [5, 5.41) is 22.3. The maximum atomic E-state index is 13.9. The van der Waals surface area contributed by atoms with Crippen LogP contribution in [0.25, 0.3) is 0 Å². The number of rotatable bonds is 9. The number of urea groups is 1. The van der Waals surface area contributed by atoms with Gasteiger partial charge in [0.1, 0.15) is 19.0 Å². The second-order valence-corrected chi connectivity index (χ2v) is 9.34. The van der Waals surface area contributed by atoms with Crippen molar-refractivity contribution >= 4 is 17.7 Å². The van der Waals surface area contributed by atoms with Crippen LogP contribution in [0.5, 0.6) is 12.0 Å². The molecule has 0 saturated heterocycles. The number of nitrogens with one attached hydrogen (secondary N) is 2. The number of anilines is 2. The first-order valence-electron chi connectivity index (χ1n) is 13.6. The molecule has 47 heavy (non-hydrogen) atoms. The normalized spacial score (nSPS) is 9.98. The molecule has 2 aromatic heterocycles. The highest BCUT2D eigenvalue weighted by Crippen LogP contribution is 2.16. The summed E-state index contributed by atoms with van der Waals surface area (Å²) in [7, 11) is 0. The second kappa shape index (κ2) is 16.4. The lowest BCUT2D eigenvalue weighted by atomic mass is 10.1. The molecule has 0 aliphatic rings. The number of benzene rings is 3. The number of amides is 2. The van der Waals surface area contributed by atoms with Crippen LogP contribution in [0.1, 0.15) is 27.8 Å². The molecule has 0 spiro atoms. The number of carbonyl (C=O) groups is 1. The van der Waals surface area contributed by atoms with Crippen molar-refractivity contribution in [2.75, 3.05) is 11.1 Å². The number of nitriles is 2. The topological polar surface area (TPSA) is 185 Å². The molecule has 12 nitrogen and oxygen atoms in total. The molecule has 0 aliphatic carbocycles. The highest BCUT2D eigenvalue weighted by atomic mass is 19.1. The van der Waals surface area contributed by atoms with Crippen molar-refractivity contribution in [1.29, 1.82) is 10.5 Å². The molecule has 236 valence electrons. The first-order chi connectivity index (χ1) is 22.7. The Morgan fingerprint density at radius 3 is 1.91 bits per heavy atom. The summed E-state index contributed by atoms with van der Waals surface area (Å²) in [5.41, 5.74) is 8.08. The van der Waals surface area contributed by atoms with Crippen molar-refractivity contribution in [1.82, 2.24) is 25.3 Å². The van der Waals surface area contributed by atoms with Gasteiger partial charge in [-0.3, -0.25) is 5.32 Å². The molecule has 4 N–H and O–H groups in total. The standard InChI is InChI=1S/C20H15F2N5O2.C12H9FN4O/c21-16-7-2-1-6-15(16)10-24-19(28)26-18-17(22)11-25-20(27-18)29-12-14-5-3-4-13(8-14)9-23;13-10-6-16-12(17-11(10)15)18-7-9-3-1-2-8(4-9)5-14/h1-8,11H,10,12H2,(H2,24,25,26,27,28);1-4,6H,7H2,(H2,15,16,17). The SMILES string of the molecule is N#Cc1cccc(COc2ncc(F)c(N)n2)c1.N#Cc1cccc(COc2ncc(F)c(NC(=O)NCc3ccccc3F)n2)c1. The third kappa shape index (κ3) is 10.2. The van der Waals surface area contributed by atoms with Gasteiger partial charge >= 0.3 is 18.1 Å². The van der Waals surface area contributed by atoms with E-state index in [9.17, 15) is 18.0 Å². The zero-order valence-corrected chi connectivity index (χ0v) is 24.3. The fraction of sp³-hybridized carbons (Fsp3) is 0.0938. The molecule has 0 fully saturated rings. The van der Waals surface area contributed by atoms with Crippen LogP contribution in [0, 0.1) is 40.1 Å². The van der Waals surface area contributed by atoms with Crippen molar-refractivity contribution < 1.29 is 27.4 Å². The van der Waals surface area contributed by atoms with Gasteiger partial charge in [0.05, 0.1) is 35.7 Å². The van der Waals surface area contributed by atoms with Crippen molar-refractivity contribution in [3.63, 3.8) is 0 Å². The van der Waals surface area contributed by atoms with Crippen molar-refractivity contribution in [3.05, 3.63) is 130 Å². The van der Waals surface area contributed by atoms with E-state index >= 15 is 0 Å². The third-order valence-electron chi connectivity index (χ3n) is 5.95. The smallest absolute Gasteiger partial charge is 0.320 e. The molecule has 0 atom stereocenters. The highest BCUT2D eigenvalue weighted by molar-refractivity contribution is 5.88. The monoisotopic (exact) mass is 639 g/mol. The molecule has 0 saturated carbocycles. The number of nitrogens with zero attached hydrogens (tertiary/aromatic N) is 6. The maximum Gasteiger partial charge on any atom is 0.320 e. The first-order valence-corrected chi connectivity index (χ1v) is 13.6. The number of ether oxygens (including phenoxy) is 2. The van der Waals surface area contributed by atoms with Gasteiger partial charge < -0.3 is 20.5 Å². The van der Waals surface area contributed by atoms with Gasteiger partial charge in [0.2, 0.25) is 0 Å². The van der Waals surface area contributed by atoms with E-state index in [0.717, 1.165) is 18.0 Å². The third-order valence-corrected chi connectivity index (χ3v) is 5.95. The second-order valence-electron chi connectivity index (χ2n) is 9.34. The molecule has 0 aliphatic heterocycles. The largest absolute Gasteiger partial charge is 0.459 e. The van der Waals surface area contributed by atoms with E-state index in [4.69, 9.17) is 25.7 Å². The molecule has 0 unspecified atom stereocenters. The molecule has 3 aromatic carbocycles. The number of nitrogens with two attached hydrogens (primary N) is 1. The van der Waals surface area contributed by atoms with Gasteiger partial charge in [-0.15, -0.1) is 0 Å². The van der Waals surface area contributed by atoms with Crippen LogP contribution >= 0.6 is 0 Å². The van der Waals surface area contributed by atoms with Gasteiger partial charge in [0, 0.05) is 12.1 Å². The number of aromatic nitrogens is 4. The van der Waals surface area contributed by atoms with E-state index < -0.39 is 23.5 Å². The van der Waals surface area contributed by atoms with Crippen LogP contribution in [-0.2, 0) is 19.8 Å². The summed E-state index contributed by atoms with van der Waals surface area (Å²) in [5.74, 6) is -2.64. The minimum absolute atomic E-state index is 0.00346. The molecule has 5 aromatic rings. The van der Waals surface area contributed by atoms with E-state index in [1.165, 1.54) is 18.2 Å². The summed E-state index contributed by atoms with van der Waals surface area (Å²) in [6.07, 6.45) is 1.81. The Balaban J connectivity index is 0.000000238. The quantitative estimate of drug-likeness (QED) is 0.194. The minimum Gasteiger partial charge on any atom is -0.459 e. The van der Waals surface area contributed by atoms with Gasteiger partial charge in [0.15, 0.2) is 23.3 Å². The number of carbonyl (C=O) groups excluding carboxylic acids is 1. The zero-order valence-electron chi connectivity index (χ0n) is 24.3. The van der Waals surface area contributed by atoms with Crippen LogP contribution in [0.4, 0.5) is 29.6 Å². The van der Waals surface area contributed by atoms with Crippen LogP contribution in [0.2, 0.25) is 0 Å². The maximum absolute atomic E-state index is 13.9. The van der Waals surface area contributed by atoms with E-state index in [1.807, 2.05) is 12.1 Å². The Morgan fingerprint density at radius 2 is 1.34 bits per heavy atom. The lowest BCUT2D eigenvalue weighted by molar-refractivity contribution is 0.251. The summed E-state index contributed by atoms with van der Waals surface area (Å²) in [4.78, 5) is 26.8. The molecular formula is C32H24F3N9O3. The summed E-state index contributed by atoms with van der Waals surface area (Å²) >= 11 is 0. The minimum atomic E-state index is -0.857. The Labute approximate surface area is 266 Å². The number of nitrogen functional groups attached to an aromatic ring is 1. The number of halogens is 3. The summed E-state index contributed by atoms with van der Waals surface area (Å²) in [6, 6.07) is 22.8. The molecule has 0 bridgehead atoms. The van der Waals surface area contributed by atoms with E-state index in [2.05, 4.69) is 30.6 Å². The van der Waals surface area contributed by atoms with E-state index in [1.54, 1.807) is 54.6 Å². The van der Waals surface area contributed by atoms with Gasteiger partial charge in [-0.2, -0.15) is 20.5 Å². The molecule has 2 heterocycles. The van der Waals surface area contributed by atoms with Gasteiger partial charge in [0.25, 0.3) is 0 Å². The lowest BCUT2D eigenvalue weighted by Crippen LogP contribution is -2.29. The van der Waals surface area contributed by atoms with Gasteiger partial charge in [-0.05, 0) is 41.5 Å². The Kier molecular flexibility index (Phi) is 11.5. The fourth-order valence-corrected chi connectivity index (χ4v) is 3.67. The number of hydrogen-bond donors (Lipinski definition) is 3. The fourth-order valence-electron chi connectivity index (χ4n) is 3.67. The number of hydrogen-bond acceptors (Lipinski definition) is 10. The van der Waals surface area contributed by atoms with E-state index in [0.29, 0.717) is 16.7 Å². The average molecular weight is 640 g/mol. The van der Waals surface area contributed by atoms with E-state index in [-0.39, 0.29) is 49.0 Å². The Morgan fingerprint density at radius 1 is 0.766 bits per heavy atom. The first kappa shape index (κ1) is 33.2. The van der Waals surface area contributed by atoms with Crippen molar-refractivity contribution in [3.8, 4) is 24.2 Å². The van der Waals surface area contributed by atoms with Crippen LogP contribution in [0.15, 0.2) is 85.2 Å². The predicted octanol–water partition coefficient (Wildman–Crippen LogP) is 5.18. The average Bonchev–Trinajstić information content (AvgIpc) is 3.09. The highest BCUT2D eigenvalue weighted by Gasteiger charge is 2.12. The molecular weight excluding hydrogens is 615 g/mol. The molecule has 2 amide bonds. The van der Waals surface area contributed by atoms with Gasteiger partial charge in [-0.1, -0.05) is 42.5 Å². The van der Waals surface area contributed by atoms with Crippen LogP contribution in [-0.4, -0.2) is 26.0 Å². The molecule has 0 radical (unpaired) electrons.